The Morgan fingerprint density at radius 3 is 2.45 bits per heavy atom. The number of aryl methyl sites for hydroxylation is 1. The minimum absolute atomic E-state index is 0.0161. The molecule has 1 unspecified atom stereocenters. The number of hydrogen-bond donors (Lipinski definition) is 2. The smallest absolute Gasteiger partial charge is 0.267 e. The van der Waals surface area contributed by atoms with Crippen molar-refractivity contribution in [2.75, 3.05) is 13.1 Å². The van der Waals surface area contributed by atoms with Gasteiger partial charge in [-0.15, -0.1) is 0 Å². The molecule has 0 bridgehead atoms. The number of hydrogen-bond acceptors (Lipinski definition) is 3. The van der Waals surface area contributed by atoms with Crippen LogP contribution in [0, 0.1) is 6.92 Å². The van der Waals surface area contributed by atoms with Crippen molar-refractivity contribution in [3.8, 4) is 0 Å². The molecule has 3 rings (SSSR count). The lowest BCUT2D eigenvalue weighted by molar-refractivity contribution is -0.127. The molecular weight excluding hydrogens is 364 g/mol. The molecule has 0 spiro atoms. The van der Waals surface area contributed by atoms with E-state index in [4.69, 9.17) is 5.21 Å². The number of benzene rings is 2. The van der Waals surface area contributed by atoms with Crippen LogP contribution in [0.15, 0.2) is 60.7 Å². The van der Waals surface area contributed by atoms with Crippen LogP contribution in [0.4, 0.5) is 0 Å². The summed E-state index contributed by atoms with van der Waals surface area (Å²) in [7, 11) is 0. The van der Waals surface area contributed by atoms with Crippen molar-refractivity contribution in [3.05, 3.63) is 82.9 Å². The fourth-order valence-corrected chi connectivity index (χ4v) is 3.54. The van der Waals surface area contributed by atoms with E-state index >= 15 is 0 Å². The van der Waals surface area contributed by atoms with E-state index in [1.165, 1.54) is 17.2 Å². The molecule has 0 aromatic heterocycles. The van der Waals surface area contributed by atoms with E-state index in [2.05, 4.69) is 31.2 Å². The highest BCUT2D eigenvalue weighted by Gasteiger charge is 2.23. The highest BCUT2D eigenvalue weighted by molar-refractivity contribution is 5.92. The number of hydroxylamine groups is 1. The molecule has 1 atom stereocenters. The first kappa shape index (κ1) is 20.6. The van der Waals surface area contributed by atoms with Crippen LogP contribution >= 0.6 is 0 Å². The van der Waals surface area contributed by atoms with Crippen LogP contribution in [0.2, 0.25) is 0 Å². The Labute approximate surface area is 171 Å². The second-order valence-corrected chi connectivity index (χ2v) is 7.35. The SMILES string of the molecule is Cc1ccc(C2CCCN(C(=O)/C=C/c3cccc(/C=C/C(=O)NO)c3)C2)cc1. The van der Waals surface area contributed by atoms with Crippen LogP contribution in [0.25, 0.3) is 12.2 Å². The van der Waals surface area contributed by atoms with Gasteiger partial charge in [-0.25, -0.2) is 5.48 Å². The fraction of sp³-hybridized carbons (Fsp3) is 0.250. The standard InChI is InChI=1S/C24H26N2O3/c1-18-7-11-21(12-8-18)22-6-3-15-26(17-22)24(28)14-10-20-5-2-4-19(16-20)9-13-23(27)25-29/h2,4-5,7-14,16,22,29H,3,6,15,17H2,1H3,(H,25,27)/b13-9+,14-10+. The average Bonchev–Trinajstić information content (AvgIpc) is 2.76. The first-order valence-electron chi connectivity index (χ1n) is 9.81. The Hall–Kier alpha value is -3.18. The van der Waals surface area contributed by atoms with Crippen molar-refractivity contribution >= 4 is 24.0 Å². The number of nitrogens with zero attached hydrogens (tertiary/aromatic N) is 1. The molecule has 29 heavy (non-hydrogen) atoms. The normalized spacial score (nSPS) is 17.0. The van der Waals surface area contributed by atoms with Crippen LogP contribution in [0.5, 0.6) is 0 Å². The highest BCUT2D eigenvalue weighted by Crippen LogP contribution is 2.27. The lowest BCUT2D eigenvalue weighted by Crippen LogP contribution is -2.38. The summed E-state index contributed by atoms with van der Waals surface area (Å²) < 4.78 is 0. The fourth-order valence-electron chi connectivity index (χ4n) is 3.54. The molecule has 0 aliphatic carbocycles. The Kier molecular flexibility index (Phi) is 6.98. The van der Waals surface area contributed by atoms with Gasteiger partial charge in [-0.2, -0.15) is 0 Å². The van der Waals surface area contributed by atoms with Crippen molar-refractivity contribution in [3.63, 3.8) is 0 Å². The predicted octanol–water partition coefficient (Wildman–Crippen LogP) is 3.93. The van der Waals surface area contributed by atoms with Crippen molar-refractivity contribution in [2.45, 2.75) is 25.7 Å². The van der Waals surface area contributed by atoms with Crippen LogP contribution < -0.4 is 5.48 Å². The first-order valence-corrected chi connectivity index (χ1v) is 9.81. The third-order valence-electron chi connectivity index (χ3n) is 5.15. The third kappa shape index (κ3) is 5.90. The van der Waals surface area contributed by atoms with Gasteiger partial charge in [-0.1, -0.05) is 48.0 Å². The number of amides is 2. The van der Waals surface area contributed by atoms with Gasteiger partial charge in [0.05, 0.1) is 0 Å². The van der Waals surface area contributed by atoms with Gasteiger partial charge in [0.2, 0.25) is 5.91 Å². The molecule has 1 saturated heterocycles. The molecule has 2 aromatic rings. The molecule has 1 aliphatic heterocycles. The predicted molar refractivity (Wildman–Crippen MR) is 114 cm³/mol. The van der Waals surface area contributed by atoms with Gasteiger partial charge >= 0.3 is 0 Å². The lowest BCUT2D eigenvalue weighted by atomic mass is 9.90. The van der Waals surface area contributed by atoms with Gasteiger partial charge in [-0.05, 0) is 54.7 Å². The number of carbonyl (C=O) groups is 2. The van der Waals surface area contributed by atoms with Gasteiger partial charge in [0.15, 0.2) is 0 Å². The van der Waals surface area contributed by atoms with E-state index < -0.39 is 5.91 Å². The minimum atomic E-state index is -0.589. The molecular formula is C24H26N2O3. The zero-order valence-electron chi connectivity index (χ0n) is 16.5. The molecule has 0 saturated carbocycles. The van der Waals surface area contributed by atoms with Gasteiger partial charge in [0.25, 0.3) is 5.91 Å². The largest absolute Gasteiger partial charge is 0.339 e. The zero-order chi connectivity index (χ0) is 20.6. The van der Waals surface area contributed by atoms with Crippen molar-refractivity contribution < 1.29 is 14.8 Å². The number of piperidine rings is 1. The van der Waals surface area contributed by atoms with Crippen molar-refractivity contribution in [2.24, 2.45) is 0 Å². The highest BCUT2D eigenvalue weighted by atomic mass is 16.5. The maximum atomic E-state index is 12.7. The molecule has 1 fully saturated rings. The molecule has 2 amide bonds. The van der Waals surface area contributed by atoms with Crippen LogP contribution in [0.1, 0.15) is 41.0 Å². The Morgan fingerprint density at radius 1 is 1.07 bits per heavy atom. The number of rotatable bonds is 5. The number of nitrogens with one attached hydrogen (secondary N) is 1. The van der Waals surface area contributed by atoms with Gasteiger partial charge < -0.3 is 4.90 Å². The Bertz CT molecular complexity index is 916. The second kappa shape index (κ2) is 9.85. The number of likely N-dealkylation sites (tertiary alicyclic amines) is 1. The topological polar surface area (TPSA) is 69.6 Å². The van der Waals surface area contributed by atoms with E-state index in [0.717, 1.165) is 37.1 Å². The second-order valence-electron chi connectivity index (χ2n) is 7.35. The van der Waals surface area contributed by atoms with Gasteiger partial charge in [-0.3, -0.25) is 14.8 Å². The van der Waals surface area contributed by atoms with E-state index in [0.29, 0.717) is 5.92 Å². The summed E-state index contributed by atoms with van der Waals surface area (Å²) in [5.41, 5.74) is 5.77. The molecule has 2 aromatic carbocycles. The summed E-state index contributed by atoms with van der Waals surface area (Å²) in [6, 6.07) is 16.1. The molecule has 5 nitrogen and oxygen atoms in total. The molecule has 0 radical (unpaired) electrons. The van der Waals surface area contributed by atoms with Crippen molar-refractivity contribution in [1.29, 1.82) is 0 Å². The molecule has 150 valence electrons. The molecule has 5 heteroatoms. The van der Waals surface area contributed by atoms with Crippen LogP contribution in [-0.2, 0) is 9.59 Å². The van der Waals surface area contributed by atoms with E-state index in [-0.39, 0.29) is 5.91 Å². The van der Waals surface area contributed by atoms with Crippen LogP contribution in [-0.4, -0.2) is 35.0 Å². The summed E-state index contributed by atoms with van der Waals surface area (Å²) in [5.74, 6) is -0.190. The summed E-state index contributed by atoms with van der Waals surface area (Å²) in [5, 5.41) is 8.54. The maximum absolute atomic E-state index is 12.7. The first-order chi connectivity index (χ1) is 14.0. The zero-order valence-corrected chi connectivity index (χ0v) is 16.5. The Balaban J connectivity index is 1.63. The van der Waals surface area contributed by atoms with Crippen molar-refractivity contribution in [1.82, 2.24) is 10.4 Å². The molecule has 1 aliphatic rings. The van der Waals surface area contributed by atoms with Gasteiger partial charge in [0, 0.05) is 31.2 Å². The summed E-state index contributed by atoms with van der Waals surface area (Å²) in [6.07, 6.45) is 8.36. The van der Waals surface area contributed by atoms with Crippen LogP contribution in [0.3, 0.4) is 0 Å². The molecule has 1 heterocycles. The van der Waals surface area contributed by atoms with E-state index in [9.17, 15) is 9.59 Å². The Morgan fingerprint density at radius 2 is 1.76 bits per heavy atom. The summed E-state index contributed by atoms with van der Waals surface area (Å²) in [4.78, 5) is 25.7. The molecule has 2 N–H and O–H groups in total. The average molecular weight is 390 g/mol. The number of carbonyl (C=O) groups excluding carboxylic acids is 2. The van der Waals surface area contributed by atoms with Gasteiger partial charge in [0.1, 0.15) is 0 Å². The maximum Gasteiger partial charge on any atom is 0.267 e. The lowest BCUT2D eigenvalue weighted by Gasteiger charge is -2.32. The summed E-state index contributed by atoms with van der Waals surface area (Å²) >= 11 is 0. The quantitative estimate of drug-likeness (QED) is 0.462. The minimum Gasteiger partial charge on any atom is -0.339 e. The third-order valence-corrected chi connectivity index (χ3v) is 5.15. The van der Waals surface area contributed by atoms with E-state index in [1.54, 1.807) is 23.7 Å². The monoisotopic (exact) mass is 390 g/mol. The van der Waals surface area contributed by atoms with E-state index in [1.807, 2.05) is 29.2 Å². The summed E-state index contributed by atoms with van der Waals surface area (Å²) in [6.45, 7) is 3.60.